The van der Waals surface area contributed by atoms with E-state index in [2.05, 4.69) is 20.8 Å². The highest BCUT2D eigenvalue weighted by molar-refractivity contribution is 6.02. The van der Waals surface area contributed by atoms with Crippen LogP contribution in [0.2, 0.25) is 0 Å². The van der Waals surface area contributed by atoms with Crippen LogP contribution < -0.4 is 10.6 Å². The number of rotatable bonds is 3. The SMILES string of the molecule is CC(C)(C)Nc1ccc(C(=O)Nc2ccccc2F)nn1. The summed E-state index contributed by atoms with van der Waals surface area (Å²) in [6, 6.07) is 9.15. The Kier molecular flexibility index (Phi) is 4.16. The Labute approximate surface area is 122 Å². The third-order valence-electron chi connectivity index (χ3n) is 2.52. The molecule has 21 heavy (non-hydrogen) atoms. The third kappa shape index (κ3) is 4.24. The quantitative estimate of drug-likeness (QED) is 0.911. The van der Waals surface area contributed by atoms with Crippen LogP contribution in [0.3, 0.4) is 0 Å². The molecule has 2 aromatic rings. The van der Waals surface area contributed by atoms with Crippen molar-refractivity contribution in [2.45, 2.75) is 26.3 Å². The Hall–Kier alpha value is -2.50. The minimum Gasteiger partial charge on any atom is -0.364 e. The van der Waals surface area contributed by atoms with E-state index in [-0.39, 0.29) is 16.9 Å². The summed E-state index contributed by atoms with van der Waals surface area (Å²) in [5, 5.41) is 13.4. The van der Waals surface area contributed by atoms with Crippen LogP contribution in [0.15, 0.2) is 36.4 Å². The lowest BCUT2D eigenvalue weighted by atomic mass is 10.1. The maximum absolute atomic E-state index is 13.5. The van der Waals surface area contributed by atoms with Gasteiger partial charge >= 0.3 is 0 Å². The van der Waals surface area contributed by atoms with Crippen LogP contribution >= 0.6 is 0 Å². The number of nitrogens with zero attached hydrogens (tertiary/aromatic N) is 2. The summed E-state index contributed by atoms with van der Waals surface area (Å²) >= 11 is 0. The van der Waals surface area contributed by atoms with Crippen LogP contribution in [-0.4, -0.2) is 21.6 Å². The Morgan fingerprint density at radius 2 is 1.81 bits per heavy atom. The molecule has 0 atom stereocenters. The monoisotopic (exact) mass is 288 g/mol. The highest BCUT2D eigenvalue weighted by atomic mass is 19.1. The van der Waals surface area contributed by atoms with E-state index in [0.29, 0.717) is 5.82 Å². The number of hydrogen-bond acceptors (Lipinski definition) is 4. The molecule has 1 aromatic heterocycles. The molecule has 0 saturated heterocycles. The summed E-state index contributed by atoms with van der Waals surface area (Å²) in [6.45, 7) is 5.98. The van der Waals surface area contributed by atoms with E-state index in [4.69, 9.17) is 0 Å². The first-order valence-corrected chi connectivity index (χ1v) is 6.53. The molecule has 2 N–H and O–H groups in total. The molecule has 1 heterocycles. The lowest BCUT2D eigenvalue weighted by molar-refractivity contribution is 0.102. The largest absolute Gasteiger partial charge is 0.364 e. The van der Waals surface area contributed by atoms with Crippen molar-refractivity contribution < 1.29 is 9.18 Å². The molecule has 2 rings (SSSR count). The molecule has 0 fully saturated rings. The summed E-state index contributed by atoms with van der Waals surface area (Å²) in [4.78, 5) is 12.0. The average Bonchev–Trinajstić information content (AvgIpc) is 2.40. The number of anilines is 2. The molecule has 0 aliphatic carbocycles. The van der Waals surface area contributed by atoms with Crippen molar-refractivity contribution in [2.24, 2.45) is 0 Å². The Morgan fingerprint density at radius 3 is 2.38 bits per heavy atom. The van der Waals surface area contributed by atoms with Gasteiger partial charge < -0.3 is 10.6 Å². The molecule has 110 valence electrons. The van der Waals surface area contributed by atoms with Crippen molar-refractivity contribution in [3.05, 3.63) is 47.9 Å². The van der Waals surface area contributed by atoms with Gasteiger partial charge in [-0.2, -0.15) is 0 Å². The van der Waals surface area contributed by atoms with E-state index in [9.17, 15) is 9.18 Å². The van der Waals surface area contributed by atoms with Crippen molar-refractivity contribution in [3.8, 4) is 0 Å². The number of benzene rings is 1. The van der Waals surface area contributed by atoms with E-state index in [1.807, 2.05) is 20.8 Å². The van der Waals surface area contributed by atoms with Gasteiger partial charge in [-0.25, -0.2) is 4.39 Å². The van der Waals surface area contributed by atoms with Crippen LogP contribution in [0.25, 0.3) is 0 Å². The summed E-state index contributed by atoms with van der Waals surface area (Å²) in [6.07, 6.45) is 0. The number of halogens is 1. The summed E-state index contributed by atoms with van der Waals surface area (Å²) in [7, 11) is 0. The zero-order chi connectivity index (χ0) is 15.5. The zero-order valence-corrected chi connectivity index (χ0v) is 12.1. The van der Waals surface area contributed by atoms with Gasteiger partial charge in [0.15, 0.2) is 5.69 Å². The molecular formula is C15H17FN4O. The second kappa shape index (κ2) is 5.87. The van der Waals surface area contributed by atoms with E-state index < -0.39 is 11.7 Å². The fourth-order valence-electron chi connectivity index (χ4n) is 1.65. The van der Waals surface area contributed by atoms with Crippen LogP contribution in [-0.2, 0) is 0 Å². The van der Waals surface area contributed by atoms with E-state index in [1.54, 1.807) is 18.2 Å². The number of aromatic nitrogens is 2. The minimum absolute atomic E-state index is 0.112. The van der Waals surface area contributed by atoms with Gasteiger partial charge in [0.2, 0.25) is 0 Å². The summed E-state index contributed by atoms with van der Waals surface area (Å²) < 4.78 is 13.5. The minimum atomic E-state index is -0.505. The number of carbonyl (C=O) groups excluding carboxylic acids is 1. The number of para-hydroxylation sites is 1. The molecule has 1 amide bonds. The topological polar surface area (TPSA) is 66.9 Å². The number of nitrogens with one attached hydrogen (secondary N) is 2. The predicted octanol–water partition coefficient (Wildman–Crippen LogP) is 3.08. The molecule has 0 unspecified atom stereocenters. The standard InChI is InChI=1S/C15H17FN4O/c1-15(2,3)18-13-9-8-12(19-20-13)14(21)17-11-7-5-4-6-10(11)16/h4-9H,1-3H3,(H,17,21)(H,18,20). The number of hydrogen-bond donors (Lipinski definition) is 2. The fraction of sp³-hybridized carbons (Fsp3) is 0.267. The van der Waals surface area contributed by atoms with Crippen LogP contribution in [0.5, 0.6) is 0 Å². The predicted molar refractivity (Wildman–Crippen MR) is 79.8 cm³/mol. The lowest BCUT2D eigenvalue weighted by Gasteiger charge is -2.20. The highest BCUT2D eigenvalue weighted by Gasteiger charge is 2.13. The van der Waals surface area contributed by atoms with Crippen molar-refractivity contribution in [3.63, 3.8) is 0 Å². The lowest BCUT2D eigenvalue weighted by Crippen LogP contribution is -2.27. The van der Waals surface area contributed by atoms with Gasteiger partial charge in [0.05, 0.1) is 5.69 Å². The summed E-state index contributed by atoms with van der Waals surface area (Å²) in [5.74, 6) is -0.426. The van der Waals surface area contributed by atoms with Gasteiger partial charge in [-0.15, -0.1) is 10.2 Å². The Bertz CT molecular complexity index is 635. The second-order valence-electron chi connectivity index (χ2n) is 5.61. The molecule has 5 nitrogen and oxygen atoms in total. The Morgan fingerprint density at radius 1 is 1.10 bits per heavy atom. The fourth-order valence-corrected chi connectivity index (χ4v) is 1.65. The maximum Gasteiger partial charge on any atom is 0.276 e. The van der Waals surface area contributed by atoms with Gasteiger partial charge in [0.1, 0.15) is 11.6 Å². The normalized spacial score (nSPS) is 11.0. The first-order valence-electron chi connectivity index (χ1n) is 6.53. The van der Waals surface area contributed by atoms with Crippen LogP contribution in [0, 0.1) is 5.82 Å². The maximum atomic E-state index is 13.5. The first kappa shape index (κ1) is 14.9. The molecule has 0 aliphatic rings. The smallest absolute Gasteiger partial charge is 0.276 e. The van der Waals surface area contributed by atoms with Crippen molar-refractivity contribution in [1.82, 2.24) is 10.2 Å². The van der Waals surface area contributed by atoms with Gasteiger partial charge in [0.25, 0.3) is 5.91 Å². The first-order chi connectivity index (χ1) is 9.85. The van der Waals surface area contributed by atoms with Crippen LogP contribution in [0.4, 0.5) is 15.9 Å². The van der Waals surface area contributed by atoms with Crippen molar-refractivity contribution in [1.29, 1.82) is 0 Å². The molecular weight excluding hydrogens is 271 g/mol. The Balaban J connectivity index is 2.08. The third-order valence-corrected chi connectivity index (χ3v) is 2.52. The highest BCUT2D eigenvalue weighted by Crippen LogP contribution is 2.14. The molecule has 0 spiro atoms. The van der Waals surface area contributed by atoms with Crippen molar-refractivity contribution in [2.75, 3.05) is 10.6 Å². The number of amides is 1. The van der Waals surface area contributed by atoms with Gasteiger partial charge in [-0.1, -0.05) is 12.1 Å². The second-order valence-corrected chi connectivity index (χ2v) is 5.61. The van der Waals surface area contributed by atoms with Crippen LogP contribution in [0.1, 0.15) is 31.3 Å². The summed E-state index contributed by atoms with van der Waals surface area (Å²) in [5.41, 5.74) is 0.0879. The molecule has 6 heteroatoms. The van der Waals surface area contributed by atoms with Gasteiger partial charge in [-0.05, 0) is 45.0 Å². The molecule has 0 radical (unpaired) electrons. The van der Waals surface area contributed by atoms with E-state index in [1.165, 1.54) is 18.2 Å². The average molecular weight is 288 g/mol. The van der Waals surface area contributed by atoms with E-state index in [0.717, 1.165) is 0 Å². The van der Waals surface area contributed by atoms with Gasteiger partial charge in [-0.3, -0.25) is 4.79 Å². The zero-order valence-electron chi connectivity index (χ0n) is 12.1. The van der Waals surface area contributed by atoms with Gasteiger partial charge in [0, 0.05) is 5.54 Å². The molecule has 1 aromatic carbocycles. The molecule has 0 aliphatic heterocycles. The van der Waals surface area contributed by atoms with E-state index >= 15 is 0 Å². The number of carbonyl (C=O) groups is 1. The molecule has 0 bridgehead atoms. The van der Waals surface area contributed by atoms with Crippen molar-refractivity contribution >= 4 is 17.4 Å². The molecule has 0 saturated carbocycles.